The van der Waals surface area contributed by atoms with Crippen LogP contribution in [-0.4, -0.2) is 46.7 Å². The third-order valence-electron chi connectivity index (χ3n) is 7.58. The van der Waals surface area contributed by atoms with E-state index in [4.69, 9.17) is 9.47 Å². The van der Waals surface area contributed by atoms with Crippen LogP contribution in [-0.2, 0) is 31.8 Å². The number of esters is 2. The molecule has 3 heterocycles. The van der Waals surface area contributed by atoms with E-state index in [2.05, 4.69) is 15.3 Å². The molecule has 1 saturated carbocycles. The SMILES string of the molecule is [2H]C([2H])(c1c(-c2[nH]c3cc(F)ccc3c2C([2H])([2H])[C@@H]2C[C@H](OC(C)=O)CN2)[nH]c2cc(F)ccc12)[C@H]1CC[C@@H](OC(C)=O)C1. The number of rotatable bonds is 7. The second kappa shape index (κ2) is 10.7. The van der Waals surface area contributed by atoms with Crippen molar-refractivity contribution in [3.8, 4) is 11.4 Å². The molecular weight excluding hydrogens is 516 g/mol. The zero-order valence-corrected chi connectivity index (χ0v) is 22.2. The molecule has 1 aliphatic carbocycles. The predicted octanol–water partition coefficient (Wildman–Crippen LogP) is 5.70. The van der Waals surface area contributed by atoms with Gasteiger partial charge in [0.2, 0.25) is 0 Å². The maximum atomic E-state index is 14.4. The van der Waals surface area contributed by atoms with Crippen molar-refractivity contribution in [2.75, 3.05) is 6.54 Å². The van der Waals surface area contributed by atoms with Gasteiger partial charge in [-0.15, -0.1) is 0 Å². The summed E-state index contributed by atoms with van der Waals surface area (Å²) in [4.78, 5) is 29.5. The number of aromatic amines is 2. The van der Waals surface area contributed by atoms with Crippen LogP contribution in [0, 0.1) is 17.6 Å². The van der Waals surface area contributed by atoms with Crippen LogP contribution in [0.3, 0.4) is 0 Å². The lowest BCUT2D eigenvalue weighted by Crippen LogP contribution is -2.24. The topological polar surface area (TPSA) is 96.2 Å². The molecule has 0 radical (unpaired) electrons. The summed E-state index contributed by atoms with van der Waals surface area (Å²) < 4.78 is 77.2. The Morgan fingerprint density at radius 1 is 0.850 bits per heavy atom. The highest BCUT2D eigenvalue weighted by Crippen LogP contribution is 2.40. The average Bonchev–Trinajstić information content (AvgIpc) is 3.72. The summed E-state index contributed by atoms with van der Waals surface area (Å²) in [5.41, 5.74) is 1.43. The van der Waals surface area contributed by atoms with Crippen LogP contribution in [0.2, 0.25) is 0 Å². The van der Waals surface area contributed by atoms with E-state index in [0.29, 0.717) is 34.6 Å². The number of fused-ring (bicyclic) bond motifs is 2. The van der Waals surface area contributed by atoms with Crippen molar-refractivity contribution in [1.29, 1.82) is 0 Å². The van der Waals surface area contributed by atoms with Crippen LogP contribution >= 0.6 is 0 Å². The number of carbonyl (C=O) groups is 2. The third-order valence-corrected chi connectivity index (χ3v) is 7.58. The molecule has 210 valence electrons. The summed E-state index contributed by atoms with van der Waals surface area (Å²) >= 11 is 0. The first-order valence-corrected chi connectivity index (χ1v) is 13.5. The number of ether oxygens (including phenoxy) is 2. The Hall–Kier alpha value is -3.72. The smallest absolute Gasteiger partial charge is 0.302 e. The van der Waals surface area contributed by atoms with E-state index in [1.54, 1.807) is 0 Å². The molecule has 40 heavy (non-hydrogen) atoms. The van der Waals surface area contributed by atoms with Crippen LogP contribution in [0.1, 0.15) is 56.1 Å². The number of aromatic nitrogens is 2. The van der Waals surface area contributed by atoms with Crippen molar-refractivity contribution in [2.45, 2.75) is 70.5 Å². The van der Waals surface area contributed by atoms with Gasteiger partial charge in [0.15, 0.2) is 0 Å². The molecule has 2 fully saturated rings. The maximum Gasteiger partial charge on any atom is 0.302 e. The molecule has 2 aromatic heterocycles. The number of halogens is 2. The van der Waals surface area contributed by atoms with Crippen LogP contribution in [0.4, 0.5) is 8.78 Å². The Kier molecular flexibility index (Phi) is 5.89. The van der Waals surface area contributed by atoms with Gasteiger partial charge < -0.3 is 24.8 Å². The molecular formula is C31H33F2N3O4. The quantitative estimate of drug-likeness (QED) is 0.255. The van der Waals surface area contributed by atoms with Crippen LogP contribution in [0.25, 0.3) is 33.2 Å². The Labute approximate surface area is 236 Å². The molecule has 2 aliphatic rings. The Morgan fingerprint density at radius 3 is 2.02 bits per heavy atom. The van der Waals surface area contributed by atoms with Gasteiger partial charge in [-0.3, -0.25) is 9.59 Å². The van der Waals surface area contributed by atoms with Crippen LogP contribution < -0.4 is 5.32 Å². The molecule has 1 aliphatic heterocycles. The van der Waals surface area contributed by atoms with Crippen molar-refractivity contribution in [3.05, 3.63) is 59.2 Å². The molecule has 2 aromatic carbocycles. The van der Waals surface area contributed by atoms with Gasteiger partial charge in [-0.05, 0) is 85.5 Å². The minimum absolute atomic E-state index is 0.168. The molecule has 6 rings (SSSR count). The van der Waals surface area contributed by atoms with Crippen molar-refractivity contribution in [3.63, 3.8) is 0 Å². The first-order chi connectivity index (χ1) is 20.8. The van der Waals surface area contributed by atoms with E-state index in [1.165, 1.54) is 50.2 Å². The van der Waals surface area contributed by atoms with E-state index in [9.17, 15) is 23.9 Å². The molecule has 0 amide bonds. The van der Waals surface area contributed by atoms with Gasteiger partial charge in [-0.25, -0.2) is 8.78 Å². The lowest BCUT2D eigenvalue weighted by Gasteiger charge is -2.15. The fraction of sp³-hybridized carbons (Fsp3) is 0.419. The molecule has 3 N–H and O–H groups in total. The van der Waals surface area contributed by atoms with E-state index < -0.39 is 60.5 Å². The lowest BCUT2D eigenvalue weighted by atomic mass is 9.93. The molecule has 4 aromatic rings. The lowest BCUT2D eigenvalue weighted by molar-refractivity contribution is -0.146. The van der Waals surface area contributed by atoms with E-state index >= 15 is 0 Å². The largest absolute Gasteiger partial charge is 0.463 e. The molecule has 0 unspecified atom stereocenters. The first kappa shape index (κ1) is 22.0. The second-order valence-corrected chi connectivity index (χ2v) is 10.6. The zero-order valence-electron chi connectivity index (χ0n) is 26.2. The molecule has 9 heteroatoms. The number of carbonyl (C=O) groups excluding carboxylic acids is 2. The minimum Gasteiger partial charge on any atom is -0.463 e. The van der Waals surface area contributed by atoms with Gasteiger partial charge in [0.25, 0.3) is 0 Å². The highest BCUT2D eigenvalue weighted by atomic mass is 19.1. The number of H-pyrrole nitrogens is 2. The summed E-state index contributed by atoms with van der Waals surface area (Å²) in [6, 6.07) is 7.16. The summed E-state index contributed by atoms with van der Waals surface area (Å²) in [5.74, 6) is -2.54. The Balaban J connectivity index is 1.54. The van der Waals surface area contributed by atoms with Gasteiger partial charge in [-0.1, -0.05) is 0 Å². The number of hydrogen-bond acceptors (Lipinski definition) is 5. The number of hydrogen-bond donors (Lipinski definition) is 3. The highest BCUT2D eigenvalue weighted by molar-refractivity contribution is 5.96. The van der Waals surface area contributed by atoms with Crippen LogP contribution in [0.5, 0.6) is 0 Å². The summed E-state index contributed by atoms with van der Waals surface area (Å²) in [5, 5.41) is 3.95. The number of nitrogens with one attached hydrogen (secondary N) is 3. The van der Waals surface area contributed by atoms with E-state index in [0.717, 1.165) is 0 Å². The van der Waals surface area contributed by atoms with Gasteiger partial charge in [0, 0.05) is 60.1 Å². The first-order valence-electron chi connectivity index (χ1n) is 15.5. The van der Waals surface area contributed by atoms with Gasteiger partial charge in [0.1, 0.15) is 23.8 Å². The summed E-state index contributed by atoms with van der Waals surface area (Å²) in [7, 11) is 0. The fourth-order valence-corrected chi connectivity index (χ4v) is 5.94. The third kappa shape index (κ3) is 5.35. The predicted molar refractivity (Wildman–Crippen MR) is 148 cm³/mol. The van der Waals surface area contributed by atoms with Crippen molar-refractivity contribution in [2.24, 2.45) is 5.92 Å². The Morgan fingerprint density at radius 2 is 1.43 bits per heavy atom. The zero-order chi connectivity index (χ0) is 31.6. The summed E-state index contributed by atoms with van der Waals surface area (Å²) in [6.45, 7) is 2.86. The Bertz CT molecular complexity index is 1640. The van der Waals surface area contributed by atoms with Crippen molar-refractivity contribution < 1.29 is 33.3 Å². The van der Waals surface area contributed by atoms with Gasteiger partial charge in [-0.2, -0.15) is 0 Å². The van der Waals surface area contributed by atoms with Crippen LogP contribution in [0.15, 0.2) is 36.4 Å². The maximum absolute atomic E-state index is 14.4. The van der Waals surface area contributed by atoms with Gasteiger partial charge >= 0.3 is 11.9 Å². The normalized spacial score (nSPS) is 25.0. The second-order valence-electron chi connectivity index (χ2n) is 10.6. The van der Waals surface area contributed by atoms with E-state index in [1.807, 2.05) is 0 Å². The molecule has 4 atom stereocenters. The minimum atomic E-state index is -2.11. The van der Waals surface area contributed by atoms with Crippen molar-refractivity contribution in [1.82, 2.24) is 15.3 Å². The van der Waals surface area contributed by atoms with Gasteiger partial charge in [0.05, 0.1) is 11.4 Å². The highest BCUT2D eigenvalue weighted by Gasteiger charge is 2.31. The standard InChI is InChI=1S/C31H33F2N3O4/c1-16(37)39-22-6-3-18(9-22)10-26-24-7-4-19(32)11-28(24)35-30(26)31-27(25-8-5-20(33)12-29(25)36-31)14-21-13-23(15-34-21)40-17(2)38/h4-5,7-8,11-12,18,21-23,34-36H,3,6,9-10,13-15H2,1-2H3/t18-,21-,22+,23-/m0/s1/i10D2,14D2. The number of benzene rings is 2. The molecule has 0 bridgehead atoms. The average molecular weight is 554 g/mol. The van der Waals surface area contributed by atoms with Crippen molar-refractivity contribution >= 4 is 33.7 Å². The van der Waals surface area contributed by atoms with E-state index in [-0.39, 0.29) is 41.9 Å². The monoisotopic (exact) mass is 553 g/mol. The summed E-state index contributed by atoms with van der Waals surface area (Å²) in [6.07, 6.45) is -3.69. The molecule has 0 spiro atoms. The molecule has 7 nitrogen and oxygen atoms in total. The fourth-order valence-electron chi connectivity index (χ4n) is 5.94. The molecule has 1 saturated heterocycles.